The molecule has 0 saturated carbocycles. The Hall–Kier alpha value is 1.02. The van der Waals surface area contributed by atoms with Crippen LogP contribution in [0.4, 0.5) is 0 Å². The van der Waals surface area contributed by atoms with Gasteiger partial charge >= 0.3 is 38.6 Å². The first kappa shape index (κ1) is 17.9. The summed E-state index contributed by atoms with van der Waals surface area (Å²) in [6.45, 7) is 3.73. The van der Waals surface area contributed by atoms with Crippen molar-refractivity contribution in [2.24, 2.45) is 0 Å². The van der Waals surface area contributed by atoms with Crippen LogP contribution < -0.4 is 0 Å². The Labute approximate surface area is 89.1 Å². The summed E-state index contributed by atoms with van der Waals surface area (Å²) in [6.07, 6.45) is 0.745. The summed E-state index contributed by atoms with van der Waals surface area (Å²) in [5.41, 5.74) is 0. The van der Waals surface area contributed by atoms with Crippen LogP contribution in [0.5, 0.6) is 0 Å². The van der Waals surface area contributed by atoms with Crippen molar-refractivity contribution in [1.82, 2.24) is 0 Å². The van der Waals surface area contributed by atoms with Crippen LogP contribution in [-0.4, -0.2) is 69.0 Å². The van der Waals surface area contributed by atoms with Crippen molar-refractivity contribution >= 4 is 38.6 Å². The molecule has 1 unspecified atom stereocenters. The van der Waals surface area contributed by atoms with Gasteiger partial charge in [-0.05, 0) is 13.3 Å². The molecule has 0 aliphatic rings. The van der Waals surface area contributed by atoms with E-state index in [9.17, 15) is 0 Å². The summed E-state index contributed by atoms with van der Waals surface area (Å²) in [5, 5.41) is 8.36. The van der Waals surface area contributed by atoms with Gasteiger partial charge in [0.2, 0.25) is 0 Å². The van der Waals surface area contributed by atoms with Crippen LogP contribution in [0.1, 0.15) is 20.3 Å². The van der Waals surface area contributed by atoms with Crippen molar-refractivity contribution in [3.05, 3.63) is 0 Å². The summed E-state index contributed by atoms with van der Waals surface area (Å²) in [5.74, 6) is 0. The van der Waals surface area contributed by atoms with Crippen molar-refractivity contribution in [3.8, 4) is 0 Å². The van der Waals surface area contributed by atoms with Crippen molar-refractivity contribution in [2.75, 3.05) is 0 Å². The molecule has 0 aromatic carbocycles. The second kappa shape index (κ2) is 9.11. The predicted octanol–water partition coefficient (Wildman–Crippen LogP) is -2.48. The summed E-state index contributed by atoms with van der Waals surface area (Å²) in [4.78, 5) is 29.3. The number of aliphatic hydroxyl groups is 1. The Kier molecular flexibility index (Phi) is 14.9. The van der Waals surface area contributed by atoms with E-state index in [2.05, 4.69) is 0 Å². The van der Waals surface area contributed by atoms with Gasteiger partial charge in [0.25, 0.3) is 0 Å². The van der Waals surface area contributed by atoms with Gasteiger partial charge in [-0.1, -0.05) is 6.92 Å². The van der Waals surface area contributed by atoms with Gasteiger partial charge < -0.3 is 24.3 Å². The summed E-state index contributed by atoms with van der Waals surface area (Å²) < 4.78 is 0. The topological polar surface area (TPSA) is 101 Å². The molecule has 0 spiro atoms. The van der Waals surface area contributed by atoms with E-state index in [4.69, 9.17) is 24.3 Å². The Bertz CT molecular complexity index is 67.4. The van der Waals surface area contributed by atoms with E-state index >= 15 is 0 Å². The molecule has 0 aromatic rings. The molecule has 0 bridgehead atoms. The van der Waals surface area contributed by atoms with Gasteiger partial charge in [-0.2, -0.15) is 0 Å². The van der Waals surface area contributed by atoms with Gasteiger partial charge in [0, 0.05) is 0 Å². The minimum absolute atomic E-state index is 0. The van der Waals surface area contributed by atoms with Crippen molar-refractivity contribution in [3.63, 3.8) is 0 Å². The van der Waals surface area contributed by atoms with E-state index in [-0.39, 0.29) is 35.7 Å². The third-order valence-electron chi connectivity index (χ3n) is 0.591. The first-order valence-corrected chi connectivity index (χ1v) is 4.63. The van der Waals surface area contributed by atoms with E-state index in [1.165, 1.54) is 0 Å². The average Bonchev–Trinajstić information content (AvgIpc) is 1.61. The molecule has 1 atom stereocenters. The predicted molar refractivity (Wildman–Crippen MR) is 43.8 cm³/mol. The fourth-order valence-corrected chi connectivity index (χ4v) is 0. The van der Waals surface area contributed by atoms with Crippen LogP contribution in [-0.2, 0) is 0 Å². The summed E-state index contributed by atoms with van der Waals surface area (Å²) >= 11 is 0. The Morgan fingerprint density at radius 3 is 1.27 bits per heavy atom. The first-order chi connectivity index (χ1) is 4.27. The standard InChI is InChI=1S/C4H10O.Na.H4O4Si.H/c1-3-4(2)5;;1-5(2,3)4;/h4-5H,3H2,1-2H3;;1-4H;. The second-order valence-corrected chi connectivity index (χ2v) is 3.06. The van der Waals surface area contributed by atoms with Gasteiger partial charge in [0.1, 0.15) is 0 Å². The Morgan fingerprint density at radius 1 is 1.18 bits per heavy atom. The molecule has 0 aliphatic carbocycles. The van der Waals surface area contributed by atoms with Crippen LogP contribution >= 0.6 is 0 Å². The molecule has 66 valence electrons. The fraction of sp³-hybridized carbons (Fsp3) is 1.00. The molecule has 0 fully saturated rings. The van der Waals surface area contributed by atoms with E-state index in [0.717, 1.165) is 6.42 Å². The van der Waals surface area contributed by atoms with Crippen LogP contribution in [0.25, 0.3) is 0 Å². The van der Waals surface area contributed by atoms with Crippen LogP contribution in [0.15, 0.2) is 0 Å². The van der Waals surface area contributed by atoms with Crippen LogP contribution in [0, 0.1) is 0 Å². The van der Waals surface area contributed by atoms with Gasteiger partial charge in [-0.3, -0.25) is 0 Å². The number of aliphatic hydroxyl groups excluding tert-OH is 1. The third-order valence-corrected chi connectivity index (χ3v) is 0.591. The zero-order valence-electron chi connectivity index (χ0n) is 6.02. The summed E-state index contributed by atoms with van der Waals surface area (Å²) in [7, 11) is -4.61. The quantitative estimate of drug-likeness (QED) is 0.298. The molecule has 0 rings (SSSR count). The van der Waals surface area contributed by atoms with Crippen molar-refractivity contribution in [1.29, 1.82) is 0 Å². The van der Waals surface area contributed by atoms with Crippen molar-refractivity contribution in [2.45, 2.75) is 26.4 Å². The molecule has 0 amide bonds. The first-order valence-electron chi connectivity index (χ1n) is 2.85. The van der Waals surface area contributed by atoms with E-state index in [0.29, 0.717) is 0 Å². The Morgan fingerprint density at radius 2 is 1.27 bits per heavy atom. The molecule has 0 heterocycles. The van der Waals surface area contributed by atoms with Gasteiger partial charge in [-0.15, -0.1) is 0 Å². The van der Waals surface area contributed by atoms with Gasteiger partial charge in [-0.25, -0.2) is 0 Å². The molecular weight excluding hydrogens is 179 g/mol. The molecule has 11 heavy (non-hydrogen) atoms. The van der Waals surface area contributed by atoms with Crippen LogP contribution in [0.2, 0.25) is 0 Å². The van der Waals surface area contributed by atoms with E-state index in [1.54, 1.807) is 6.92 Å². The maximum absolute atomic E-state index is 8.36. The number of hydrogen-bond acceptors (Lipinski definition) is 5. The minimum atomic E-state index is -4.61. The molecule has 0 aromatic heterocycles. The molecule has 7 heteroatoms. The Balaban J connectivity index is -0.000000107. The maximum atomic E-state index is 8.36. The molecule has 5 N–H and O–H groups in total. The molecular formula is C4H15NaO5Si. The fourth-order valence-electron chi connectivity index (χ4n) is 0. The van der Waals surface area contributed by atoms with Gasteiger partial charge in [0.15, 0.2) is 0 Å². The molecule has 0 saturated heterocycles. The summed E-state index contributed by atoms with van der Waals surface area (Å²) in [6, 6.07) is 0. The average molecular weight is 194 g/mol. The van der Waals surface area contributed by atoms with Gasteiger partial charge in [0.05, 0.1) is 6.10 Å². The zero-order chi connectivity index (χ0) is 8.78. The molecule has 0 aliphatic heterocycles. The monoisotopic (exact) mass is 194 g/mol. The second-order valence-electron chi connectivity index (χ2n) is 1.86. The van der Waals surface area contributed by atoms with Crippen LogP contribution in [0.3, 0.4) is 0 Å². The van der Waals surface area contributed by atoms with Crippen molar-refractivity contribution < 1.29 is 24.3 Å². The normalized spacial score (nSPS) is 12.3. The molecule has 5 nitrogen and oxygen atoms in total. The van der Waals surface area contributed by atoms with E-state index < -0.39 is 9.05 Å². The number of hydrogen-bond donors (Lipinski definition) is 5. The third kappa shape index (κ3) is 98.4. The number of rotatable bonds is 1. The zero-order valence-corrected chi connectivity index (χ0v) is 7.02. The molecule has 0 radical (unpaired) electrons. The SMILES string of the molecule is CCC(C)O.O[Si](O)(O)O.[NaH]. The van der Waals surface area contributed by atoms with E-state index in [1.807, 2.05) is 6.92 Å².